The molecule has 3 aromatic rings. The number of nitrogens with one attached hydrogen (secondary N) is 2. The maximum atomic E-state index is 12.4. The van der Waals surface area contributed by atoms with E-state index in [1.54, 1.807) is 0 Å². The Hall–Kier alpha value is -2.63. The molecule has 6 heteroatoms. The molecule has 136 valence electrons. The number of fused-ring (bicyclic) bond motifs is 2. The summed E-state index contributed by atoms with van der Waals surface area (Å²) in [5.74, 6) is 1.96. The van der Waals surface area contributed by atoms with Gasteiger partial charge in [0.15, 0.2) is 5.82 Å². The Labute approximate surface area is 153 Å². The number of hydrogen-bond donors (Lipinski definition) is 2. The SMILES string of the molecule is Cc1cccc2c(CCC(=O)NC(C)c3nnc4n3CCCC4)c[nH]c12. The van der Waals surface area contributed by atoms with E-state index in [0.29, 0.717) is 6.42 Å². The molecule has 0 saturated heterocycles. The minimum absolute atomic E-state index is 0.0488. The smallest absolute Gasteiger partial charge is 0.220 e. The van der Waals surface area contributed by atoms with Gasteiger partial charge >= 0.3 is 0 Å². The molecule has 2 aromatic heterocycles. The van der Waals surface area contributed by atoms with Crippen LogP contribution in [0.5, 0.6) is 0 Å². The summed E-state index contributed by atoms with van der Waals surface area (Å²) in [7, 11) is 0. The molecule has 0 fully saturated rings. The maximum absolute atomic E-state index is 12.4. The number of aryl methyl sites for hydroxylation is 3. The van der Waals surface area contributed by atoms with Crippen LogP contribution in [0.4, 0.5) is 0 Å². The first-order chi connectivity index (χ1) is 12.6. The highest BCUT2D eigenvalue weighted by Gasteiger charge is 2.21. The lowest BCUT2D eigenvalue weighted by Crippen LogP contribution is -2.29. The number of H-pyrrole nitrogens is 1. The van der Waals surface area contributed by atoms with Crippen LogP contribution >= 0.6 is 0 Å². The van der Waals surface area contributed by atoms with Crippen LogP contribution in [0, 0.1) is 6.92 Å². The van der Waals surface area contributed by atoms with Gasteiger partial charge in [-0.15, -0.1) is 10.2 Å². The molecule has 0 saturated carbocycles. The van der Waals surface area contributed by atoms with Crippen molar-refractivity contribution in [2.45, 2.75) is 58.5 Å². The highest BCUT2D eigenvalue weighted by atomic mass is 16.1. The van der Waals surface area contributed by atoms with Crippen molar-refractivity contribution in [3.8, 4) is 0 Å². The number of benzene rings is 1. The Kier molecular flexibility index (Phi) is 4.49. The summed E-state index contributed by atoms with van der Waals surface area (Å²) >= 11 is 0. The number of aromatic amines is 1. The summed E-state index contributed by atoms with van der Waals surface area (Å²) < 4.78 is 2.16. The van der Waals surface area contributed by atoms with E-state index >= 15 is 0 Å². The van der Waals surface area contributed by atoms with Gasteiger partial charge in [-0.05, 0) is 44.2 Å². The molecule has 2 N–H and O–H groups in total. The molecular weight excluding hydrogens is 326 g/mol. The first-order valence-corrected chi connectivity index (χ1v) is 9.40. The standard InChI is InChI=1S/C20H25N5O/c1-13-6-5-7-16-15(12-21-19(13)16)9-10-18(26)22-14(2)20-24-23-17-8-3-4-11-25(17)20/h5-7,12,14,21H,3-4,8-11H2,1-2H3,(H,22,26). The molecule has 0 spiro atoms. The van der Waals surface area contributed by atoms with E-state index in [1.165, 1.54) is 22.9 Å². The highest BCUT2D eigenvalue weighted by Crippen LogP contribution is 2.23. The lowest BCUT2D eigenvalue weighted by atomic mass is 10.1. The van der Waals surface area contributed by atoms with Crippen LogP contribution in [0.1, 0.15) is 55.0 Å². The minimum Gasteiger partial charge on any atom is -0.361 e. The predicted octanol–water partition coefficient (Wildman–Crippen LogP) is 3.21. The van der Waals surface area contributed by atoms with Crippen molar-refractivity contribution >= 4 is 16.8 Å². The van der Waals surface area contributed by atoms with Gasteiger partial charge in [0.05, 0.1) is 6.04 Å². The Balaban J connectivity index is 1.39. The van der Waals surface area contributed by atoms with Crippen LogP contribution in [-0.4, -0.2) is 25.7 Å². The number of aromatic nitrogens is 4. The molecule has 1 amide bonds. The lowest BCUT2D eigenvalue weighted by Gasteiger charge is -2.18. The fourth-order valence-corrected chi connectivity index (χ4v) is 3.85. The first kappa shape index (κ1) is 16.8. The summed E-state index contributed by atoms with van der Waals surface area (Å²) in [6, 6.07) is 6.14. The number of rotatable bonds is 5. The van der Waals surface area contributed by atoms with Crippen molar-refractivity contribution in [1.29, 1.82) is 0 Å². The molecule has 1 aliphatic rings. The predicted molar refractivity (Wildman–Crippen MR) is 101 cm³/mol. The summed E-state index contributed by atoms with van der Waals surface area (Å²) in [5.41, 5.74) is 3.57. The minimum atomic E-state index is -0.118. The number of amides is 1. The highest BCUT2D eigenvalue weighted by molar-refractivity contribution is 5.86. The fraction of sp³-hybridized carbons (Fsp3) is 0.450. The number of carbonyl (C=O) groups excluding carboxylic acids is 1. The molecule has 26 heavy (non-hydrogen) atoms. The average Bonchev–Trinajstić information content (AvgIpc) is 3.25. The van der Waals surface area contributed by atoms with Crippen molar-refractivity contribution in [3.05, 3.63) is 47.2 Å². The third kappa shape index (κ3) is 3.11. The molecule has 4 rings (SSSR count). The van der Waals surface area contributed by atoms with Crippen molar-refractivity contribution < 1.29 is 4.79 Å². The molecular formula is C20H25N5O. The van der Waals surface area contributed by atoms with Crippen LogP contribution in [0.2, 0.25) is 0 Å². The molecule has 0 bridgehead atoms. The van der Waals surface area contributed by atoms with Gasteiger partial charge < -0.3 is 14.9 Å². The first-order valence-electron chi connectivity index (χ1n) is 9.40. The Morgan fingerprint density at radius 2 is 2.23 bits per heavy atom. The molecule has 0 aliphatic carbocycles. The zero-order valence-electron chi connectivity index (χ0n) is 15.4. The molecule has 1 aliphatic heterocycles. The van der Waals surface area contributed by atoms with Gasteiger partial charge in [0.1, 0.15) is 5.82 Å². The summed E-state index contributed by atoms with van der Waals surface area (Å²) in [6.07, 6.45) is 6.50. The fourth-order valence-electron chi connectivity index (χ4n) is 3.85. The monoisotopic (exact) mass is 351 g/mol. The van der Waals surface area contributed by atoms with Gasteiger partial charge in [-0.25, -0.2) is 0 Å². The van der Waals surface area contributed by atoms with E-state index in [1.807, 2.05) is 13.1 Å². The Morgan fingerprint density at radius 3 is 3.12 bits per heavy atom. The van der Waals surface area contributed by atoms with E-state index in [0.717, 1.165) is 43.0 Å². The average molecular weight is 351 g/mol. The van der Waals surface area contributed by atoms with E-state index in [4.69, 9.17) is 0 Å². The van der Waals surface area contributed by atoms with Crippen molar-refractivity contribution in [2.24, 2.45) is 0 Å². The van der Waals surface area contributed by atoms with E-state index < -0.39 is 0 Å². The molecule has 1 aromatic carbocycles. The second-order valence-corrected chi connectivity index (χ2v) is 7.18. The van der Waals surface area contributed by atoms with Gasteiger partial charge in [0, 0.05) is 36.5 Å². The maximum Gasteiger partial charge on any atom is 0.220 e. The molecule has 6 nitrogen and oxygen atoms in total. The Morgan fingerprint density at radius 1 is 1.35 bits per heavy atom. The van der Waals surface area contributed by atoms with Crippen molar-refractivity contribution in [1.82, 2.24) is 25.1 Å². The van der Waals surface area contributed by atoms with Gasteiger partial charge in [-0.3, -0.25) is 4.79 Å². The third-order valence-corrected chi connectivity index (χ3v) is 5.28. The van der Waals surface area contributed by atoms with Crippen molar-refractivity contribution in [3.63, 3.8) is 0 Å². The zero-order chi connectivity index (χ0) is 18.1. The van der Waals surface area contributed by atoms with Gasteiger partial charge in [-0.1, -0.05) is 18.2 Å². The van der Waals surface area contributed by atoms with Gasteiger partial charge in [-0.2, -0.15) is 0 Å². The topological polar surface area (TPSA) is 75.6 Å². The van der Waals surface area contributed by atoms with Crippen LogP contribution in [0.15, 0.2) is 24.4 Å². The molecule has 0 radical (unpaired) electrons. The van der Waals surface area contributed by atoms with Crippen LogP contribution in [0.25, 0.3) is 10.9 Å². The normalized spacial score (nSPS) is 15.0. The summed E-state index contributed by atoms with van der Waals surface area (Å²) in [5, 5.41) is 12.9. The number of nitrogens with zero attached hydrogens (tertiary/aromatic N) is 3. The Bertz CT molecular complexity index is 939. The zero-order valence-corrected chi connectivity index (χ0v) is 15.4. The second-order valence-electron chi connectivity index (χ2n) is 7.18. The molecule has 1 atom stereocenters. The number of para-hydroxylation sites is 1. The van der Waals surface area contributed by atoms with Gasteiger partial charge in [0.2, 0.25) is 5.91 Å². The number of carbonyl (C=O) groups is 1. The molecule has 3 heterocycles. The third-order valence-electron chi connectivity index (χ3n) is 5.28. The van der Waals surface area contributed by atoms with Gasteiger partial charge in [0.25, 0.3) is 0 Å². The largest absolute Gasteiger partial charge is 0.361 e. The van der Waals surface area contributed by atoms with E-state index in [2.05, 4.69) is 50.2 Å². The van der Waals surface area contributed by atoms with Crippen LogP contribution in [-0.2, 0) is 24.2 Å². The quantitative estimate of drug-likeness (QED) is 0.741. The summed E-state index contributed by atoms with van der Waals surface area (Å²) in [6.45, 7) is 5.03. The van der Waals surface area contributed by atoms with Crippen LogP contribution < -0.4 is 5.32 Å². The summed E-state index contributed by atoms with van der Waals surface area (Å²) in [4.78, 5) is 15.8. The van der Waals surface area contributed by atoms with E-state index in [-0.39, 0.29) is 11.9 Å². The van der Waals surface area contributed by atoms with Crippen LogP contribution in [0.3, 0.4) is 0 Å². The molecule has 1 unspecified atom stereocenters. The van der Waals surface area contributed by atoms with E-state index in [9.17, 15) is 4.79 Å². The second kappa shape index (κ2) is 6.94. The lowest BCUT2D eigenvalue weighted by molar-refractivity contribution is -0.121. The van der Waals surface area contributed by atoms with Crippen molar-refractivity contribution in [2.75, 3.05) is 0 Å². The number of hydrogen-bond acceptors (Lipinski definition) is 3.